The maximum atomic E-state index is 15.1. The first-order chi connectivity index (χ1) is 43.8. The predicted octanol–water partition coefficient (Wildman–Crippen LogP) is 5.90. The monoisotopic (exact) mass is 1330 g/mol. The number of likely N-dealkylation sites (N-methyl/N-ethyl adjacent to an activating group) is 4. The molecule has 26 heteroatoms. The number of hydrogen-bond acceptors (Lipinski definition) is 11. The Morgan fingerprint density at radius 2 is 1.20 bits per heavy atom. The van der Waals surface area contributed by atoms with Gasteiger partial charge in [-0.25, -0.2) is 0 Å². The molecule has 4 heterocycles. The number of carbonyl (C=O) groups excluding carboxylic acids is 11. The van der Waals surface area contributed by atoms with Crippen LogP contribution in [0.4, 0.5) is 13.2 Å². The smallest absolute Gasteiger partial charge is 0.351 e. The van der Waals surface area contributed by atoms with Crippen molar-refractivity contribution in [3.05, 3.63) is 0 Å². The van der Waals surface area contributed by atoms with E-state index in [2.05, 4.69) is 21.3 Å². The van der Waals surface area contributed by atoms with E-state index in [-0.39, 0.29) is 114 Å². The Bertz CT molecular complexity index is 2710. The molecular formula is C67H107ClF3N11O11. The number of carbonyl (C=O) groups is 11. The van der Waals surface area contributed by atoms with Crippen molar-refractivity contribution < 1.29 is 65.9 Å². The molecule has 3 saturated carbocycles. The number of fused-ring (bicyclic) bond motifs is 3. The maximum absolute atomic E-state index is 15.1. The Balaban J connectivity index is 1.22. The molecule has 22 nitrogen and oxygen atoms in total. The number of nitrogens with zero attached hydrogens (tertiary/aromatic N) is 7. The Labute approximate surface area is 553 Å². The lowest BCUT2D eigenvalue weighted by molar-refractivity contribution is -0.182. The van der Waals surface area contributed by atoms with Crippen LogP contribution in [0.25, 0.3) is 0 Å². The van der Waals surface area contributed by atoms with Crippen LogP contribution < -0.4 is 21.3 Å². The summed E-state index contributed by atoms with van der Waals surface area (Å²) in [7, 11) is 5.95. The van der Waals surface area contributed by atoms with Gasteiger partial charge in [-0.1, -0.05) is 92.9 Å². The second-order valence-corrected chi connectivity index (χ2v) is 29.7. The van der Waals surface area contributed by atoms with Gasteiger partial charge < -0.3 is 55.6 Å². The fraction of sp³-hybridized carbons (Fsp3) is 0.836. The molecule has 3 aliphatic carbocycles. The average Bonchev–Trinajstić information content (AvgIpc) is 1.77. The van der Waals surface area contributed by atoms with Gasteiger partial charge in [0, 0.05) is 65.7 Å². The van der Waals surface area contributed by atoms with Crippen LogP contribution in [-0.4, -0.2) is 225 Å². The third-order valence-corrected chi connectivity index (χ3v) is 22.0. The van der Waals surface area contributed by atoms with Crippen LogP contribution in [0.3, 0.4) is 0 Å². The van der Waals surface area contributed by atoms with Crippen molar-refractivity contribution in [2.45, 2.75) is 268 Å². The number of amides is 11. The summed E-state index contributed by atoms with van der Waals surface area (Å²) < 4.78 is 41.8. The molecule has 7 aliphatic rings. The standard InChI is InChI=1S/C67H107ClF3N11O11/c1-12-41(6)55-64(92)81-32-19-23-49(81)63(91)82-33-28-50(82)62(90)78(10)52(37-43-20-14-13-15-21-43)61(89)76(8)38-53(83)73-47(27-25-44-24-26-45(46(68)36-44)67(69,70)71)60(88)80-31-18-22-48(80)58(86)75-66(29-16-17-30-66)65(93)79(11)56(40(4)5)59(87)72-42(7)35-54(84)77(9)51(34-39(2)3)57(85)74-55/h39-52,55-56H,12-38H2,1-11H3,(H,72,87)(H,73,83)(H,74,85)(H,75,86)/t41-,42+,44?,45?,46?,47-,48-,49-,50-,51-,52-,55-,56-/m0/s1. The molecule has 4 N–H and O–H groups in total. The van der Waals surface area contributed by atoms with Gasteiger partial charge in [0.1, 0.15) is 53.9 Å². The average molecular weight is 1340 g/mol. The summed E-state index contributed by atoms with van der Waals surface area (Å²) in [6.45, 7) is 12.7. The van der Waals surface area contributed by atoms with Crippen molar-refractivity contribution in [2.24, 2.45) is 35.5 Å². The first-order valence-electron chi connectivity index (χ1n) is 34.7. The summed E-state index contributed by atoms with van der Waals surface area (Å²) in [5, 5.41) is 10.6. The molecule has 4 aliphatic heterocycles. The van der Waals surface area contributed by atoms with E-state index in [1.165, 1.54) is 62.5 Å². The lowest BCUT2D eigenvalue weighted by Gasteiger charge is -2.45. The minimum atomic E-state index is -4.49. The number of rotatable bonds is 10. The zero-order valence-corrected chi connectivity index (χ0v) is 57.7. The number of halogens is 4. The highest BCUT2D eigenvalue weighted by molar-refractivity contribution is 6.20. The van der Waals surface area contributed by atoms with Crippen LogP contribution in [0, 0.1) is 35.5 Å². The molecule has 4 saturated heterocycles. The summed E-state index contributed by atoms with van der Waals surface area (Å²) in [5.74, 6) is -8.97. The first-order valence-corrected chi connectivity index (χ1v) is 35.1. The maximum Gasteiger partial charge on any atom is 0.393 e. The lowest BCUT2D eigenvalue weighted by atomic mass is 9.78. The summed E-state index contributed by atoms with van der Waals surface area (Å²) in [6.07, 6.45) is 4.15. The van der Waals surface area contributed by atoms with E-state index >= 15 is 9.59 Å². The largest absolute Gasteiger partial charge is 0.393 e. The van der Waals surface area contributed by atoms with Gasteiger partial charge in [-0.3, -0.25) is 52.7 Å². The number of hydrogen-bond donors (Lipinski definition) is 4. The molecule has 7 rings (SSSR count). The fourth-order valence-corrected chi connectivity index (χ4v) is 16.3. The van der Waals surface area contributed by atoms with E-state index in [1.807, 2.05) is 27.7 Å². The number of alkyl halides is 4. The molecule has 0 aromatic heterocycles. The van der Waals surface area contributed by atoms with Crippen LogP contribution in [0.5, 0.6) is 0 Å². The molecule has 7 fully saturated rings. The second-order valence-electron chi connectivity index (χ2n) is 29.2. The Morgan fingerprint density at radius 1 is 0.591 bits per heavy atom. The van der Waals surface area contributed by atoms with Crippen molar-refractivity contribution in [2.75, 3.05) is 54.4 Å². The van der Waals surface area contributed by atoms with E-state index < -0.39 is 161 Å². The fourth-order valence-electron chi connectivity index (χ4n) is 15.8. The van der Waals surface area contributed by atoms with E-state index in [0.717, 1.165) is 32.1 Å². The van der Waals surface area contributed by atoms with E-state index in [9.17, 15) is 56.3 Å². The minimum absolute atomic E-state index is 0.0193. The van der Waals surface area contributed by atoms with E-state index in [1.54, 1.807) is 20.8 Å². The highest BCUT2D eigenvalue weighted by atomic mass is 35.5. The number of nitrogens with one attached hydrogen (secondary N) is 4. The second kappa shape index (κ2) is 32.3. The molecule has 0 aromatic carbocycles. The summed E-state index contributed by atoms with van der Waals surface area (Å²) >= 11 is 6.38. The van der Waals surface area contributed by atoms with Gasteiger partial charge in [0.25, 0.3) is 0 Å². The topological polar surface area (TPSA) is 259 Å². The van der Waals surface area contributed by atoms with E-state index in [0.29, 0.717) is 38.5 Å². The van der Waals surface area contributed by atoms with Crippen molar-refractivity contribution in [1.29, 1.82) is 0 Å². The minimum Gasteiger partial charge on any atom is -0.351 e. The zero-order chi connectivity index (χ0) is 68.6. The van der Waals surface area contributed by atoms with Crippen molar-refractivity contribution >= 4 is 76.6 Å². The molecule has 3 unspecified atom stereocenters. The van der Waals surface area contributed by atoms with Crippen molar-refractivity contribution in [1.82, 2.24) is 55.6 Å². The molecule has 0 bridgehead atoms. The van der Waals surface area contributed by atoms with Crippen LogP contribution >= 0.6 is 11.6 Å². The van der Waals surface area contributed by atoms with Gasteiger partial charge in [-0.15, -0.1) is 11.6 Å². The molecule has 1 spiro atoms. The lowest BCUT2D eigenvalue weighted by Crippen LogP contribution is -2.65. The summed E-state index contributed by atoms with van der Waals surface area (Å²) in [5.41, 5.74) is -1.47. The van der Waals surface area contributed by atoms with Crippen LogP contribution in [0.1, 0.15) is 196 Å². The quantitative estimate of drug-likeness (QED) is 0.187. The van der Waals surface area contributed by atoms with Crippen LogP contribution in [-0.2, 0) is 52.7 Å². The van der Waals surface area contributed by atoms with E-state index in [4.69, 9.17) is 11.6 Å². The normalized spacial score (nSPS) is 31.9. The van der Waals surface area contributed by atoms with Gasteiger partial charge >= 0.3 is 6.18 Å². The molecule has 13 atom stereocenters. The molecule has 524 valence electrons. The molecular weight excluding hydrogens is 1230 g/mol. The Hall–Kier alpha value is -5.75. The molecule has 0 aromatic rings. The third kappa shape index (κ3) is 17.8. The van der Waals surface area contributed by atoms with Gasteiger partial charge in [0.15, 0.2) is 0 Å². The van der Waals surface area contributed by atoms with Gasteiger partial charge in [-0.2, -0.15) is 13.2 Å². The van der Waals surface area contributed by atoms with Gasteiger partial charge in [-0.05, 0) is 126 Å². The summed E-state index contributed by atoms with van der Waals surface area (Å²) in [4.78, 5) is 172. The molecule has 0 radical (unpaired) electrons. The van der Waals surface area contributed by atoms with Crippen molar-refractivity contribution in [3.8, 4) is 0 Å². The first kappa shape index (κ1) is 74.6. The predicted molar refractivity (Wildman–Crippen MR) is 343 cm³/mol. The Morgan fingerprint density at radius 3 is 1.78 bits per heavy atom. The highest BCUT2D eigenvalue weighted by Crippen LogP contribution is 2.44. The highest BCUT2D eigenvalue weighted by Gasteiger charge is 2.52. The molecule has 93 heavy (non-hydrogen) atoms. The van der Waals surface area contributed by atoms with Crippen LogP contribution in [0.2, 0.25) is 0 Å². The van der Waals surface area contributed by atoms with Crippen molar-refractivity contribution in [3.63, 3.8) is 0 Å². The van der Waals surface area contributed by atoms with Gasteiger partial charge in [0.05, 0.1) is 12.5 Å². The third-order valence-electron chi connectivity index (χ3n) is 21.6. The van der Waals surface area contributed by atoms with Gasteiger partial charge in [0.2, 0.25) is 65.0 Å². The zero-order valence-electron chi connectivity index (χ0n) is 57.0. The summed E-state index contributed by atoms with van der Waals surface area (Å²) in [6, 6.07) is -9.40. The molecule has 11 amide bonds. The van der Waals surface area contributed by atoms with Crippen LogP contribution in [0.15, 0.2) is 0 Å². The SMILES string of the molecule is CC[C@H](C)[C@@H]1NC(=O)[C@H](CC(C)C)N(C)C(=O)C[C@@H](C)NC(=O)[C@H](C(C)C)N(C)C(=O)C2(CCCC2)NC(=O)[C@@H]2CCCN2C(=O)[C@H](CCC2CCC(C(F)(F)F)C(Cl)C2)NC(=O)CN(C)C(=O)[C@H](CC2CCCCC2)N(C)C(=O)[C@@H]2CCN2C(=O)[C@@H]2CCCN2C1=O. The Kier molecular flexibility index (Phi) is 25.9.